The molecule has 0 spiro atoms. The Labute approximate surface area is 115 Å². The molecule has 1 unspecified atom stereocenters. The molecule has 2 rings (SSSR count). The number of sulfonamides is 1. The van der Waals surface area contributed by atoms with Crippen LogP contribution in [-0.4, -0.2) is 31.6 Å². The number of nitrogens with zero attached hydrogens (tertiary/aromatic N) is 1. The zero-order valence-corrected chi connectivity index (χ0v) is 12.4. The molecule has 1 aromatic carbocycles. The lowest BCUT2D eigenvalue weighted by Crippen LogP contribution is -2.36. The predicted molar refractivity (Wildman–Crippen MR) is 71.9 cm³/mol. The predicted octanol–water partition coefficient (Wildman–Crippen LogP) is 2.11. The molecule has 1 atom stereocenters. The van der Waals surface area contributed by atoms with Gasteiger partial charge < -0.3 is 4.79 Å². The van der Waals surface area contributed by atoms with Crippen molar-refractivity contribution in [1.29, 1.82) is 0 Å². The van der Waals surface area contributed by atoms with Gasteiger partial charge in [0.1, 0.15) is 6.29 Å². The molecule has 0 N–H and O–H groups in total. The molecule has 4 nitrogen and oxygen atoms in total. The fourth-order valence-corrected chi connectivity index (χ4v) is 4.08. The quantitative estimate of drug-likeness (QED) is 0.797. The van der Waals surface area contributed by atoms with E-state index in [1.54, 1.807) is 18.2 Å². The minimum absolute atomic E-state index is 0.247. The molecule has 1 fully saturated rings. The summed E-state index contributed by atoms with van der Waals surface area (Å²) in [7, 11) is -3.56. The van der Waals surface area contributed by atoms with Crippen LogP contribution in [0.4, 0.5) is 0 Å². The summed E-state index contributed by atoms with van der Waals surface area (Å²) in [5.74, 6) is 0. The van der Waals surface area contributed by atoms with Gasteiger partial charge >= 0.3 is 0 Å². The molecule has 0 aromatic heterocycles. The number of carbonyl (C=O) groups is 1. The number of halogens is 1. The summed E-state index contributed by atoms with van der Waals surface area (Å²) in [5, 5.41) is 0. The maximum atomic E-state index is 12.4. The lowest BCUT2D eigenvalue weighted by atomic mass is 10.2. The first-order valence-corrected chi connectivity index (χ1v) is 7.93. The van der Waals surface area contributed by atoms with E-state index in [1.165, 1.54) is 4.31 Å². The van der Waals surface area contributed by atoms with Crippen LogP contribution in [-0.2, 0) is 14.8 Å². The molecule has 0 aliphatic carbocycles. The van der Waals surface area contributed by atoms with E-state index >= 15 is 0 Å². The lowest BCUT2D eigenvalue weighted by Gasteiger charge is -2.20. The molecule has 6 heteroatoms. The van der Waals surface area contributed by atoms with Crippen molar-refractivity contribution >= 4 is 32.2 Å². The Balaban J connectivity index is 2.41. The highest BCUT2D eigenvalue weighted by Gasteiger charge is 2.35. The highest BCUT2D eigenvalue weighted by molar-refractivity contribution is 9.10. The first-order chi connectivity index (χ1) is 8.46. The van der Waals surface area contributed by atoms with Crippen LogP contribution in [0, 0.1) is 6.92 Å². The Hall–Kier alpha value is -0.720. The highest BCUT2D eigenvalue weighted by atomic mass is 79.9. The van der Waals surface area contributed by atoms with Gasteiger partial charge in [-0.15, -0.1) is 0 Å². The number of hydrogen-bond acceptors (Lipinski definition) is 3. The molecule has 0 radical (unpaired) electrons. The molecule has 1 aliphatic heterocycles. The fourth-order valence-electron chi connectivity index (χ4n) is 2.11. The SMILES string of the molecule is Cc1cc(S(=O)(=O)N2CCCC2C=O)ccc1Br. The summed E-state index contributed by atoms with van der Waals surface area (Å²) < 4.78 is 27.0. The van der Waals surface area contributed by atoms with Gasteiger partial charge in [0.15, 0.2) is 0 Å². The average Bonchev–Trinajstić information content (AvgIpc) is 2.81. The maximum Gasteiger partial charge on any atom is 0.243 e. The van der Waals surface area contributed by atoms with E-state index in [0.717, 1.165) is 22.7 Å². The largest absolute Gasteiger partial charge is 0.302 e. The van der Waals surface area contributed by atoms with Gasteiger partial charge in [0.25, 0.3) is 0 Å². The Morgan fingerprint density at radius 2 is 2.17 bits per heavy atom. The molecule has 1 heterocycles. The molecule has 0 bridgehead atoms. The van der Waals surface area contributed by atoms with Crippen LogP contribution in [0.25, 0.3) is 0 Å². The van der Waals surface area contributed by atoms with Crippen molar-refractivity contribution in [2.45, 2.75) is 30.7 Å². The van der Waals surface area contributed by atoms with E-state index < -0.39 is 16.1 Å². The smallest absolute Gasteiger partial charge is 0.243 e. The summed E-state index contributed by atoms with van der Waals surface area (Å²) in [6, 6.07) is 4.39. The van der Waals surface area contributed by atoms with Crippen LogP contribution in [0.5, 0.6) is 0 Å². The number of aryl methyl sites for hydroxylation is 1. The van der Waals surface area contributed by atoms with Crippen molar-refractivity contribution < 1.29 is 13.2 Å². The number of aldehydes is 1. The minimum Gasteiger partial charge on any atom is -0.302 e. The van der Waals surface area contributed by atoms with E-state index in [9.17, 15) is 13.2 Å². The second-order valence-corrected chi connectivity index (χ2v) is 7.12. The fraction of sp³-hybridized carbons (Fsp3) is 0.417. The van der Waals surface area contributed by atoms with E-state index in [2.05, 4.69) is 15.9 Å². The normalized spacial score (nSPS) is 21.1. The van der Waals surface area contributed by atoms with Gasteiger partial charge in [-0.1, -0.05) is 15.9 Å². The van der Waals surface area contributed by atoms with Crippen LogP contribution in [0.15, 0.2) is 27.6 Å². The standard InChI is InChI=1S/C12H14BrNO3S/c1-9-7-11(4-5-12(9)13)18(16,17)14-6-2-3-10(14)8-15/h4-5,7-8,10H,2-3,6H2,1H3. The zero-order valence-electron chi connectivity index (χ0n) is 9.97. The third-order valence-corrected chi connectivity index (χ3v) is 5.95. The lowest BCUT2D eigenvalue weighted by molar-refractivity contribution is -0.110. The van der Waals surface area contributed by atoms with Crippen molar-refractivity contribution in [3.8, 4) is 0 Å². The first-order valence-electron chi connectivity index (χ1n) is 5.70. The van der Waals surface area contributed by atoms with Gasteiger partial charge in [-0.05, 0) is 43.5 Å². The highest BCUT2D eigenvalue weighted by Crippen LogP contribution is 2.27. The molecular formula is C12H14BrNO3S. The molecule has 1 aromatic rings. The van der Waals surface area contributed by atoms with Crippen LogP contribution >= 0.6 is 15.9 Å². The van der Waals surface area contributed by atoms with E-state index in [0.29, 0.717) is 13.0 Å². The van der Waals surface area contributed by atoms with Crippen LogP contribution in [0.1, 0.15) is 18.4 Å². The Morgan fingerprint density at radius 1 is 1.44 bits per heavy atom. The van der Waals surface area contributed by atoms with Gasteiger partial charge in [0, 0.05) is 11.0 Å². The van der Waals surface area contributed by atoms with E-state index in [-0.39, 0.29) is 4.90 Å². The Kier molecular flexibility index (Phi) is 3.89. The van der Waals surface area contributed by atoms with Crippen molar-refractivity contribution in [1.82, 2.24) is 4.31 Å². The summed E-state index contributed by atoms with van der Waals surface area (Å²) in [6.07, 6.45) is 2.06. The van der Waals surface area contributed by atoms with Crippen molar-refractivity contribution in [3.63, 3.8) is 0 Å². The van der Waals surface area contributed by atoms with Gasteiger partial charge in [0.05, 0.1) is 10.9 Å². The van der Waals surface area contributed by atoms with Gasteiger partial charge in [-0.25, -0.2) is 8.42 Å². The minimum atomic E-state index is -3.56. The van der Waals surface area contributed by atoms with Crippen molar-refractivity contribution in [3.05, 3.63) is 28.2 Å². The molecule has 0 saturated carbocycles. The maximum absolute atomic E-state index is 12.4. The third kappa shape index (κ3) is 2.37. The Bertz CT molecular complexity index is 571. The van der Waals surface area contributed by atoms with Crippen LogP contribution in [0.3, 0.4) is 0 Å². The van der Waals surface area contributed by atoms with Gasteiger partial charge in [-0.2, -0.15) is 4.31 Å². The monoisotopic (exact) mass is 331 g/mol. The second-order valence-electron chi connectivity index (χ2n) is 4.37. The average molecular weight is 332 g/mol. The molecule has 1 saturated heterocycles. The number of hydrogen-bond donors (Lipinski definition) is 0. The van der Waals surface area contributed by atoms with Crippen LogP contribution in [0.2, 0.25) is 0 Å². The molecule has 0 amide bonds. The summed E-state index contributed by atoms with van der Waals surface area (Å²) in [4.78, 5) is 11.2. The van der Waals surface area contributed by atoms with Crippen LogP contribution < -0.4 is 0 Å². The Morgan fingerprint density at radius 3 is 2.78 bits per heavy atom. The molecule has 1 aliphatic rings. The molecule has 18 heavy (non-hydrogen) atoms. The number of benzene rings is 1. The van der Waals surface area contributed by atoms with Gasteiger partial charge in [-0.3, -0.25) is 0 Å². The van der Waals surface area contributed by atoms with E-state index in [4.69, 9.17) is 0 Å². The zero-order chi connectivity index (χ0) is 13.3. The third-order valence-electron chi connectivity index (χ3n) is 3.14. The number of rotatable bonds is 3. The first kappa shape index (κ1) is 13.7. The van der Waals surface area contributed by atoms with E-state index in [1.807, 2.05) is 6.92 Å². The van der Waals surface area contributed by atoms with Gasteiger partial charge in [0.2, 0.25) is 10.0 Å². The van der Waals surface area contributed by atoms with Crippen molar-refractivity contribution in [2.75, 3.05) is 6.54 Å². The molecular weight excluding hydrogens is 318 g/mol. The summed E-state index contributed by atoms with van der Waals surface area (Å²) in [6.45, 7) is 2.26. The number of carbonyl (C=O) groups excluding carboxylic acids is 1. The summed E-state index contributed by atoms with van der Waals surface area (Å²) >= 11 is 3.34. The summed E-state index contributed by atoms with van der Waals surface area (Å²) in [5.41, 5.74) is 0.859. The van der Waals surface area contributed by atoms with Crippen molar-refractivity contribution in [2.24, 2.45) is 0 Å². The molecule has 98 valence electrons. The second kappa shape index (κ2) is 5.11. The topological polar surface area (TPSA) is 54.5 Å².